The number of esters is 1. The van der Waals surface area contributed by atoms with Gasteiger partial charge in [0.2, 0.25) is 0 Å². The minimum atomic E-state index is -0.0266. The van der Waals surface area contributed by atoms with Crippen LogP contribution in [0, 0.1) is 12.8 Å². The van der Waals surface area contributed by atoms with Gasteiger partial charge in [-0.2, -0.15) is 0 Å². The molecule has 0 atom stereocenters. The van der Waals surface area contributed by atoms with E-state index >= 15 is 0 Å². The molecule has 0 radical (unpaired) electrons. The summed E-state index contributed by atoms with van der Waals surface area (Å²) in [6, 6.07) is 6.67. The Morgan fingerprint density at radius 3 is 2.67 bits per heavy atom. The monoisotopic (exact) mass is 309 g/mol. The zero-order chi connectivity index (χ0) is 15.2. The molecular weight excluding hydrogens is 286 g/mol. The highest BCUT2D eigenvalue weighted by Gasteiger charge is 2.26. The van der Waals surface area contributed by atoms with E-state index in [-0.39, 0.29) is 11.9 Å². The summed E-state index contributed by atoms with van der Waals surface area (Å²) in [6.07, 6.45) is 3.91. The van der Waals surface area contributed by atoms with Crippen LogP contribution in [0.2, 0.25) is 5.02 Å². The van der Waals surface area contributed by atoms with Gasteiger partial charge in [0, 0.05) is 17.6 Å². The van der Waals surface area contributed by atoms with Gasteiger partial charge in [0.1, 0.15) is 0 Å². The van der Waals surface area contributed by atoms with Crippen molar-refractivity contribution in [3.05, 3.63) is 34.3 Å². The number of carbonyl (C=O) groups is 1. The largest absolute Gasteiger partial charge is 0.466 e. The minimum absolute atomic E-state index is 0.0266. The van der Waals surface area contributed by atoms with Crippen molar-refractivity contribution in [3.63, 3.8) is 0 Å². The maximum absolute atomic E-state index is 11.7. The SMILES string of the molecule is CCOC(=O)C1CCC(NCc2ccc(C)c(Cl)c2)CC1. The molecule has 1 aromatic rings. The molecule has 21 heavy (non-hydrogen) atoms. The number of ether oxygens (including phenoxy) is 1. The van der Waals surface area contributed by atoms with Crippen molar-refractivity contribution in [1.29, 1.82) is 0 Å². The second-order valence-electron chi connectivity index (χ2n) is 5.77. The van der Waals surface area contributed by atoms with Crippen molar-refractivity contribution in [2.45, 2.75) is 52.1 Å². The third-order valence-corrected chi connectivity index (χ3v) is 4.59. The lowest BCUT2D eigenvalue weighted by Crippen LogP contribution is -2.35. The first-order valence-corrected chi connectivity index (χ1v) is 8.13. The van der Waals surface area contributed by atoms with Crippen LogP contribution in [0.1, 0.15) is 43.7 Å². The van der Waals surface area contributed by atoms with Crippen molar-refractivity contribution in [2.75, 3.05) is 6.61 Å². The number of aryl methyl sites for hydroxylation is 1. The molecule has 3 nitrogen and oxygen atoms in total. The Hall–Kier alpha value is -1.06. The molecule has 0 bridgehead atoms. The van der Waals surface area contributed by atoms with Crippen LogP contribution in [0.4, 0.5) is 0 Å². The van der Waals surface area contributed by atoms with Gasteiger partial charge < -0.3 is 10.1 Å². The van der Waals surface area contributed by atoms with Crippen molar-refractivity contribution < 1.29 is 9.53 Å². The van der Waals surface area contributed by atoms with E-state index in [4.69, 9.17) is 16.3 Å². The summed E-state index contributed by atoms with van der Waals surface area (Å²) in [6.45, 7) is 5.17. The molecule has 0 saturated heterocycles. The summed E-state index contributed by atoms with van der Waals surface area (Å²) in [4.78, 5) is 11.7. The zero-order valence-corrected chi connectivity index (χ0v) is 13.6. The van der Waals surface area contributed by atoms with Crippen LogP contribution in [0.5, 0.6) is 0 Å². The van der Waals surface area contributed by atoms with Crippen LogP contribution < -0.4 is 5.32 Å². The van der Waals surface area contributed by atoms with E-state index in [1.807, 2.05) is 19.9 Å². The maximum atomic E-state index is 11.7. The lowest BCUT2D eigenvalue weighted by atomic mass is 9.86. The maximum Gasteiger partial charge on any atom is 0.308 e. The number of nitrogens with one attached hydrogen (secondary N) is 1. The van der Waals surface area contributed by atoms with Gasteiger partial charge in [-0.1, -0.05) is 23.7 Å². The molecule has 0 aromatic heterocycles. The highest BCUT2D eigenvalue weighted by Crippen LogP contribution is 2.26. The Morgan fingerprint density at radius 2 is 2.05 bits per heavy atom. The molecule has 0 unspecified atom stereocenters. The lowest BCUT2D eigenvalue weighted by Gasteiger charge is -2.28. The molecular formula is C17H24ClNO2. The first-order valence-electron chi connectivity index (χ1n) is 7.75. The van der Waals surface area contributed by atoms with Crippen LogP contribution >= 0.6 is 11.6 Å². The molecule has 4 heteroatoms. The molecule has 0 amide bonds. The van der Waals surface area contributed by atoms with E-state index in [0.717, 1.165) is 42.8 Å². The van der Waals surface area contributed by atoms with Gasteiger partial charge in [-0.25, -0.2) is 0 Å². The third-order valence-electron chi connectivity index (χ3n) is 4.18. The standard InChI is InChI=1S/C17H24ClNO2/c1-3-21-17(20)14-6-8-15(9-7-14)19-11-13-5-4-12(2)16(18)10-13/h4-5,10,14-15,19H,3,6-9,11H2,1-2H3. The Bertz CT molecular complexity index is 482. The van der Waals surface area contributed by atoms with Crippen LogP contribution in [0.25, 0.3) is 0 Å². The molecule has 1 N–H and O–H groups in total. The Morgan fingerprint density at radius 1 is 1.33 bits per heavy atom. The molecule has 1 aliphatic rings. The summed E-state index contributed by atoms with van der Waals surface area (Å²) in [5, 5.41) is 4.39. The molecule has 116 valence electrons. The Balaban J connectivity index is 1.76. The summed E-state index contributed by atoms with van der Waals surface area (Å²) in [7, 11) is 0. The molecule has 1 fully saturated rings. The first kappa shape index (κ1) is 16.3. The van der Waals surface area contributed by atoms with Gasteiger partial charge in [0.15, 0.2) is 0 Å². The molecule has 2 rings (SSSR count). The van der Waals surface area contributed by atoms with Gasteiger partial charge in [-0.15, -0.1) is 0 Å². The predicted molar refractivity (Wildman–Crippen MR) is 85.4 cm³/mol. The van der Waals surface area contributed by atoms with Crippen LogP contribution in [-0.2, 0) is 16.1 Å². The fourth-order valence-electron chi connectivity index (χ4n) is 2.80. The number of hydrogen-bond acceptors (Lipinski definition) is 3. The van der Waals surface area contributed by atoms with E-state index in [9.17, 15) is 4.79 Å². The highest BCUT2D eigenvalue weighted by molar-refractivity contribution is 6.31. The average molecular weight is 310 g/mol. The molecule has 1 aromatic carbocycles. The van der Waals surface area contributed by atoms with E-state index < -0.39 is 0 Å². The molecule has 1 aliphatic carbocycles. The molecule has 0 aliphatic heterocycles. The van der Waals surface area contributed by atoms with Gasteiger partial charge in [0.25, 0.3) is 0 Å². The fourth-order valence-corrected chi connectivity index (χ4v) is 3.01. The summed E-state index contributed by atoms with van der Waals surface area (Å²) >= 11 is 6.14. The van der Waals surface area contributed by atoms with Gasteiger partial charge in [0.05, 0.1) is 12.5 Å². The Kier molecular flexibility index (Phi) is 6.07. The van der Waals surface area contributed by atoms with Crippen molar-refractivity contribution in [3.8, 4) is 0 Å². The van der Waals surface area contributed by atoms with Crippen molar-refractivity contribution in [2.24, 2.45) is 5.92 Å². The smallest absolute Gasteiger partial charge is 0.308 e. The van der Waals surface area contributed by atoms with Gasteiger partial charge in [-0.05, 0) is 56.7 Å². The summed E-state index contributed by atoms with van der Waals surface area (Å²) in [5.41, 5.74) is 2.31. The van der Waals surface area contributed by atoms with E-state index in [0.29, 0.717) is 12.6 Å². The number of hydrogen-bond donors (Lipinski definition) is 1. The molecule has 1 saturated carbocycles. The zero-order valence-electron chi connectivity index (χ0n) is 12.8. The first-order chi connectivity index (χ1) is 10.1. The number of benzene rings is 1. The molecule has 0 heterocycles. The predicted octanol–water partition coefficient (Wildman–Crippen LogP) is 3.86. The lowest BCUT2D eigenvalue weighted by molar-refractivity contribution is -0.149. The van der Waals surface area contributed by atoms with Gasteiger partial charge >= 0.3 is 5.97 Å². The minimum Gasteiger partial charge on any atom is -0.466 e. The highest BCUT2D eigenvalue weighted by atomic mass is 35.5. The normalized spacial score (nSPS) is 22.0. The second-order valence-corrected chi connectivity index (χ2v) is 6.17. The third kappa shape index (κ3) is 4.72. The summed E-state index contributed by atoms with van der Waals surface area (Å²) in [5.74, 6) is 0.0677. The average Bonchev–Trinajstić information content (AvgIpc) is 2.49. The number of carbonyl (C=O) groups excluding carboxylic acids is 1. The van der Waals surface area contributed by atoms with E-state index in [1.165, 1.54) is 5.56 Å². The topological polar surface area (TPSA) is 38.3 Å². The van der Waals surface area contributed by atoms with Gasteiger partial charge in [-0.3, -0.25) is 4.79 Å². The Labute approximate surface area is 132 Å². The van der Waals surface area contributed by atoms with Crippen molar-refractivity contribution >= 4 is 17.6 Å². The van der Waals surface area contributed by atoms with Crippen LogP contribution in [0.3, 0.4) is 0 Å². The fraction of sp³-hybridized carbons (Fsp3) is 0.588. The number of halogens is 1. The van der Waals surface area contributed by atoms with E-state index in [1.54, 1.807) is 0 Å². The summed E-state index contributed by atoms with van der Waals surface area (Å²) < 4.78 is 5.10. The van der Waals surface area contributed by atoms with Crippen LogP contribution in [0.15, 0.2) is 18.2 Å². The molecule has 0 spiro atoms. The quantitative estimate of drug-likeness (QED) is 0.839. The van der Waals surface area contributed by atoms with E-state index in [2.05, 4.69) is 17.4 Å². The second kappa shape index (κ2) is 7.81. The van der Waals surface area contributed by atoms with Crippen molar-refractivity contribution in [1.82, 2.24) is 5.32 Å². The number of rotatable bonds is 5. The van der Waals surface area contributed by atoms with Crippen LogP contribution in [-0.4, -0.2) is 18.6 Å².